The largest absolute Gasteiger partial charge is 0.458 e. The minimum absolute atomic E-state index is 0.134. The molecule has 8 heteroatoms. The third kappa shape index (κ3) is 4.71. The van der Waals surface area contributed by atoms with Crippen LogP contribution in [0.3, 0.4) is 0 Å². The number of carbonyl (C=O) groups is 2. The molecule has 7 nitrogen and oxygen atoms in total. The van der Waals surface area contributed by atoms with Crippen molar-refractivity contribution in [1.82, 2.24) is 14.7 Å². The Morgan fingerprint density at radius 1 is 1.21 bits per heavy atom. The van der Waals surface area contributed by atoms with Gasteiger partial charge in [0.05, 0.1) is 5.69 Å². The monoisotopic (exact) mass is 413 g/mol. The third-order valence-corrected chi connectivity index (χ3v) is 5.46. The molecule has 0 saturated carbocycles. The first-order valence-electron chi connectivity index (χ1n) is 9.27. The molecule has 1 atom stereocenters. The van der Waals surface area contributed by atoms with Crippen molar-refractivity contribution in [3.8, 4) is 0 Å². The standard InChI is InChI=1S/C21H23N3O4S/c1-12(2)18(23-19(26)15-7-5-13(3)6-8-15)20(27)28-10-16-9-17(25)24-14(4)11-29-21(24)22-16/h5-9,11-12,18H,10H2,1-4H3,(H,23,26). The summed E-state index contributed by atoms with van der Waals surface area (Å²) in [6, 6.07) is 7.65. The van der Waals surface area contributed by atoms with Crippen molar-refractivity contribution in [2.24, 2.45) is 5.92 Å². The third-order valence-electron chi connectivity index (χ3n) is 4.51. The summed E-state index contributed by atoms with van der Waals surface area (Å²) in [5.74, 6) is -1.07. The van der Waals surface area contributed by atoms with Crippen LogP contribution >= 0.6 is 11.3 Å². The lowest BCUT2D eigenvalue weighted by atomic mass is 10.0. The number of hydrogen-bond donors (Lipinski definition) is 1. The first kappa shape index (κ1) is 20.7. The van der Waals surface area contributed by atoms with E-state index in [4.69, 9.17) is 4.74 Å². The molecule has 0 spiro atoms. The van der Waals surface area contributed by atoms with Gasteiger partial charge in [0, 0.05) is 22.7 Å². The summed E-state index contributed by atoms with van der Waals surface area (Å²) in [4.78, 5) is 42.2. The van der Waals surface area contributed by atoms with Gasteiger partial charge in [-0.2, -0.15) is 0 Å². The van der Waals surface area contributed by atoms with Gasteiger partial charge in [0.2, 0.25) is 0 Å². The van der Waals surface area contributed by atoms with Gasteiger partial charge in [0.1, 0.15) is 12.6 Å². The molecular formula is C21H23N3O4S. The van der Waals surface area contributed by atoms with Crippen LogP contribution in [0.1, 0.15) is 41.2 Å². The number of esters is 1. The Hall–Kier alpha value is -3.00. The Labute approximate surface area is 172 Å². The average molecular weight is 413 g/mol. The maximum absolute atomic E-state index is 12.6. The highest BCUT2D eigenvalue weighted by atomic mass is 32.1. The number of aromatic nitrogens is 2. The fourth-order valence-electron chi connectivity index (χ4n) is 2.84. The van der Waals surface area contributed by atoms with E-state index in [-0.39, 0.29) is 24.0 Å². The van der Waals surface area contributed by atoms with E-state index in [2.05, 4.69) is 10.3 Å². The molecule has 29 heavy (non-hydrogen) atoms. The number of aryl methyl sites for hydroxylation is 2. The molecule has 152 valence electrons. The van der Waals surface area contributed by atoms with Crippen molar-refractivity contribution < 1.29 is 14.3 Å². The summed E-state index contributed by atoms with van der Waals surface area (Å²) in [6.07, 6.45) is 0. The maximum Gasteiger partial charge on any atom is 0.329 e. The van der Waals surface area contributed by atoms with Crippen LogP contribution in [0.4, 0.5) is 0 Å². The Kier molecular flexibility index (Phi) is 6.12. The number of ether oxygens (including phenoxy) is 1. The molecule has 0 bridgehead atoms. The highest BCUT2D eigenvalue weighted by Gasteiger charge is 2.26. The molecule has 0 saturated heterocycles. The predicted octanol–water partition coefficient (Wildman–Crippen LogP) is 2.87. The maximum atomic E-state index is 12.6. The van der Waals surface area contributed by atoms with Gasteiger partial charge in [-0.1, -0.05) is 31.5 Å². The topological polar surface area (TPSA) is 89.8 Å². The molecule has 3 aromatic rings. The van der Waals surface area contributed by atoms with Crippen LogP contribution in [-0.4, -0.2) is 27.3 Å². The highest BCUT2D eigenvalue weighted by Crippen LogP contribution is 2.13. The average Bonchev–Trinajstić information content (AvgIpc) is 3.05. The van der Waals surface area contributed by atoms with E-state index in [1.54, 1.807) is 12.1 Å². The lowest BCUT2D eigenvalue weighted by molar-refractivity contribution is -0.148. The second kappa shape index (κ2) is 8.57. The fourth-order valence-corrected chi connectivity index (χ4v) is 3.73. The van der Waals surface area contributed by atoms with Crippen LogP contribution in [0, 0.1) is 19.8 Å². The first-order valence-corrected chi connectivity index (χ1v) is 10.1. The second-order valence-electron chi connectivity index (χ2n) is 7.25. The lowest BCUT2D eigenvalue weighted by Crippen LogP contribution is -2.45. The minimum Gasteiger partial charge on any atom is -0.458 e. The summed E-state index contributed by atoms with van der Waals surface area (Å²) in [6.45, 7) is 7.28. The summed E-state index contributed by atoms with van der Waals surface area (Å²) in [7, 11) is 0. The number of rotatable bonds is 6. The van der Waals surface area contributed by atoms with Gasteiger partial charge in [-0.3, -0.25) is 14.0 Å². The molecule has 1 amide bonds. The Morgan fingerprint density at radius 3 is 2.55 bits per heavy atom. The van der Waals surface area contributed by atoms with Crippen molar-refractivity contribution in [3.63, 3.8) is 0 Å². The van der Waals surface area contributed by atoms with Crippen LogP contribution in [-0.2, 0) is 16.1 Å². The number of nitrogens with zero attached hydrogens (tertiary/aromatic N) is 2. The van der Waals surface area contributed by atoms with E-state index in [0.29, 0.717) is 16.2 Å². The Balaban J connectivity index is 1.69. The van der Waals surface area contributed by atoms with E-state index in [0.717, 1.165) is 11.3 Å². The van der Waals surface area contributed by atoms with E-state index < -0.39 is 12.0 Å². The number of benzene rings is 1. The molecule has 1 unspecified atom stereocenters. The number of amides is 1. The zero-order valence-electron chi connectivity index (χ0n) is 16.8. The van der Waals surface area contributed by atoms with Crippen molar-refractivity contribution in [1.29, 1.82) is 0 Å². The molecule has 1 aromatic carbocycles. The molecule has 3 rings (SSSR count). The van der Waals surface area contributed by atoms with Gasteiger partial charge < -0.3 is 10.1 Å². The van der Waals surface area contributed by atoms with Crippen LogP contribution in [0.15, 0.2) is 40.5 Å². The fraction of sp³-hybridized carbons (Fsp3) is 0.333. The zero-order chi connectivity index (χ0) is 21.1. The SMILES string of the molecule is Cc1ccc(C(=O)NC(C(=O)OCc2cc(=O)n3c(C)csc3n2)C(C)C)cc1. The number of carbonyl (C=O) groups excluding carboxylic acids is 2. The number of nitrogens with one attached hydrogen (secondary N) is 1. The van der Waals surface area contributed by atoms with Crippen molar-refractivity contribution >= 4 is 28.2 Å². The van der Waals surface area contributed by atoms with E-state index in [1.807, 2.05) is 45.2 Å². The van der Waals surface area contributed by atoms with E-state index in [1.165, 1.54) is 21.8 Å². The van der Waals surface area contributed by atoms with E-state index in [9.17, 15) is 14.4 Å². The van der Waals surface area contributed by atoms with Crippen molar-refractivity contribution in [2.75, 3.05) is 0 Å². The zero-order valence-corrected chi connectivity index (χ0v) is 17.6. The molecule has 0 aliphatic rings. The molecule has 1 N–H and O–H groups in total. The molecular weight excluding hydrogens is 390 g/mol. The molecule has 0 radical (unpaired) electrons. The summed E-state index contributed by atoms with van der Waals surface area (Å²) in [5, 5.41) is 4.58. The predicted molar refractivity (Wildman–Crippen MR) is 111 cm³/mol. The van der Waals surface area contributed by atoms with Crippen LogP contribution in [0.2, 0.25) is 0 Å². The quantitative estimate of drug-likeness (QED) is 0.628. The van der Waals surface area contributed by atoms with Crippen LogP contribution < -0.4 is 10.9 Å². The van der Waals surface area contributed by atoms with E-state index >= 15 is 0 Å². The summed E-state index contributed by atoms with van der Waals surface area (Å²) in [5.41, 5.74) is 2.49. The van der Waals surface area contributed by atoms with Gasteiger partial charge in [0.25, 0.3) is 11.5 Å². The van der Waals surface area contributed by atoms with Crippen LogP contribution in [0.5, 0.6) is 0 Å². The van der Waals surface area contributed by atoms with Gasteiger partial charge in [0.15, 0.2) is 4.96 Å². The van der Waals surface area contributed by atoms with Crippen LogP contribution in [0.25, 0.3) is 4.96 Å². The highest BCUT2D eigenvalue weighted by molar-refractivity contribution is 7.15. The van der Waals surface area contributed by atoms with Gasteiger partial charge in [-0.25, -0.2) is 9.78 Å². The first-order chi connectivity index (χ1) is 13.8. The number of fused-ring (bicyclic) bond motifs is 1. The molecule has 2 heterocycles. The molecule has 2 aromatic heterocycles. The smallest absolute Gasteiger partial charge is 0.329 e. The summed E-state index contributed by atoms with van der Waals surface area (Å²) >= 11 is 1.35. The lowest BCUT2D eigenvalue weighted by Gasteiger charge is -2.21. The Bertz CT molecular complexity index is 1100. The number of hydrogen-bond acceptors (Lipinski definition) is 6. The van der Waals surface area contributed by atoms with Gasteiger partial charge in [-0.15, -0.1) is 11.3 Å². The molecule has 0 aliphatic carbocycles. The van der Waals surface area contributed by atoms with Crippen molar-refractivity contribution in [2.45, 2.75) is 40.3 Å². The Morgan fingerprint density at radius 2 is 1.90 bits per heavy atom. The van der Waals surface area contributed by atoms with Crippen molar-refractivity contribution in [3.05, 3.63) is 68.6 Å². The second-order valence-corrected chi connectivity index (χ2v) is 8.09. The normalized spacial score (nSPS) is 12.2. The molecule has 0 fully saturated rings. The summed E-state index contributed by atoms with van der Waals surface area (Å²) < 4.78 is 6.87. The number of thiazole rings is 1. The molecule has 0 aliphatic heterocycles. The minimum atomic E-state index is -0.808. The van der Waals surface area contributed by atoms with Gasteiger partial charge >= 0.3 is 5.97 Å². The van der Waals surface area contributed by atoms with Gasteiger partial charge in [-0.05, 0) is 31.9 Å².